The molecule has 0 aliphatic heterocycles. The van der Waals surface area contributed by atoms with E-state index in [0.29, 0.717) is 18.1 Å². The molecule has 1 heterocycles. The van der Waals surface area contributed by atoms with Gasteiger partial charge in [0.15, 0.2) is 0 Å². The lowest BCUT2D eigenvalue weighted by Crippen LogP contribution is -2.08. The van der Waals surface area contributed by atoms with Gasteiger partial charge in [-0.05, 0) is 6.42 Å². The monoisotopic (exact) mass is 221 g/mol. The SMILES string of the molecule is FC1(F)CCC(c2cnc(CCl)o2)C1. The van der Waals surface area contributed by atoms with Crippen LogP contribution in [0, 0.1) is 0 Å². The van der Waals surface area contributed by atoms with Crippen molar-refractivity contribution in [3.05, 3.63) is 17.8 Å². The van der Waals surface area contributed by atoms with E-state index in [0.717, 1.165) is 0 Å². The summed E-state index contributed by atoms with van der Waals surface area (Å²) in [6, 6.07) is 0. The molecule has 0 radical (unpaired) electrons. The van der Waals surface area contributed by atoms with Gasteiger partial charge in [-0.2, -0.15) is 0 Å². The first-order chi connectivity index (χ1) is 6.61. The second-order valence-electron chi connectivity index (χ2n) is 3.59. The molecule has 1 aromatic heterocycles. The van der Waals surface area contributed by atoms with Crippen LogP contribution in [0.2, 0.25) is 0 Å². The molecule has 0 spiro atoms. The Bertz CT molecular complexity index is 326. The van der Waals surface area contributed by atoms with Gasteiger partial charge in [-0.1, -0.05) is 0 Å². The van der Waals surface area contributed by atoms with E-state index in [-0.39, 0.29) is 24.6 Å². The Hall–Kier alpha value is -0.640. The summed E-state index contributed by atoms with van der Waals surface area (Å²) >= 11 is 5.50. The van der Waals surface area contributed by atoms with E-state index in [1.54, 1.807) is 0 Å². The highest BCUT2D eigenvalue weighted by Gasteiger charge is 2.41. The Kier molecular flexibility index (Phi) is 2.47. The summed E-state index contributed by atoms with van der Waals surface area (Å²) in [6.45, 7) is 0. The van der Waals surface area contributed by atoms with Crippen molar-refractivity contribution in [3.8, 4) is 0 Å². The van der Waals surface area contributed by atoms with Crippen molar-refractivity contribution in [2.45, 2.75) is 37.0 Å². The molecule has 0 amide bonds. The number of alkyl halides is 3. The Morgan fingerprint density at radius 3 is 2.93 bits per heavy atom. The first-order valence-corrected chi connectivity index (χ1v) is 5.02. The quantitative estimate of drug-likeness (QED) is 0.716. The van der Waals surface area contributed by atoms with Crippen molar-refractivity contribution in [2.24, 2.45) is 0 Å². The molecule has 0 N–H and O–H groups in total. The van der Waals surface area contributed by atoms with Gasteiger partial charge in [-0.15, -0.1) is 11.6 Å². The lowest BCUT2D eigenvalue weighted by Gasteiger charge is -2.07. The van der Waals surface area contributed by atoms with Crippen LogP contribution in [0.25, 0.3) is 0 Å². The van der Waals surface area contributed by atoms with Crippen LogP contribution >= 0.6 is 11.6 Å². The summed E-state index contributed by atoms with van der Waals surface area (Å²) in [4.78, 5) is 3.88. The van der Waals surface area contributed by atoms with Gasteiger partial charge in [0.1, 0.15) is 5.76 Å². The largest absolute Gasteiger partial charge is 0.444 e. The second kappa shape index (κ2) is 3.50. The molecular formula is C9H10ClF2NO. The van der Waals surface area contributed by atoms with Crippen molar-refractivity contribution in [2.75, 3.05) is 0 Å². The highest BCUT2D eigenvalue weighted by Crippen LogP contribution is 2.44. The molecule has 0 bridgehead atoms. The molecule has 1 aromatic rings. The molecule has 78 valence electrons. The zero-order chi connectivity index (χ0) is 10.2. The fourth-order valence-electron chi connectivity index (χ4n) is 1.77. The summed E-state index contributed by atoms with van der Waals surface area (Å²) < 4.78 is 31.0. The molecule has 5 heteroatoms. The van der Waals surface area contributed by atoms with Crippen LogP contribution in [0.5, 0.6) is 0 Å². The van der Waals surface area contributed by atoms with E-state index in [4.69, 9.17) is 16.0 Å². The summed E-state index contributed by atoms with van der Waals surface area (Å²) in [5, 5.41) is 0. The molecule has 1 fully saturated rings. The van der Waals surface area contributed by atoms with E-state index >= 15 is 0 Å². The average molecular weight is 222 g/mol. The molecule has 2 nitrogen and oxygen atoms in total. The molecule has 2 rings (SSSR count). The maximum Gasteiger partial charge on any atom is 0.248 e. The molecule has 0 saturated heterocycles. The number of oxazole rings is 1. The van der Waals surface area contributed by atoms with Crippen LogP contribution in [0.3, 0.4) is 0 Å². The van der Waals surface area contributed by atoms with Gasteiger partial charge in [-0.25, -0.2) is 13.8 Å². The lowest BCUT2D eigenvalue weighted by atomic mass is 10.1. The minimum absolute atomic E-state index is 0.0609. The first kappa shape index (κ1) is 9.90. The van der Waals surface area contributed by atoms with Crippen LogP contribution < -0.4 is 0 Å². The zero-order valence-corrected chi connectivity index (χ0v) is 8.23. The Balaban J connectivity index is 2.09. The summed E-state index contributed by atoms with van der Waals surface area (Å²) in [6.07, 6.45) is 1.77. The van der Waals surface area contributed by atoms with Crippen molar-refractivity contribution in [1.82, 2.24) is 4.98 Å². The lowest BCUT2D eigenvalue weighted by molar-refractivity contribution is 0.00718. The Morgan fingerprint density at radius 1 is 1.64 bits per heavy atom. The van der Waals surface area contributed by atoms with Crippen LogP contribution in [0.15, 0.2) is 10.6 Å². The fourth-order valence-corrected chi connectivity index (χ4v) is 1.89. The molecule has 0 aromatic carbocycles. The topological polar surface area (TPSA) is 26.0 Å². The highest BCUT2D eigenvalue weighted by atomic mass is 35.5. The van der Waals surface area contributed by atoms with Crippen molar-refractivity contribution < 1.29 is 13.2 Å². The fraction of sp³-hybridized carbons (Fsp3) is 0.667. The highest BCUT2D eigenvalue weighted by molar-refractivity contribution is 6.16. The average Bonchev–Trinajstić information content (AvgIpc) is 2.70. The number of aromatic nitrogens is 1. The predicted octanol–water partition coefficient (Wildman–Crippen LogP) is 3.32. The first-order valence-electron chi connectivity index (χ1n) is 4.49. The van der Waals surface area contributed by atoms with Gasteiger partial charge in [-0.3, -0.25) is 0 Å². The van der Waals surface area contributed by atoms with Crippen LogP contribution in [-0.2, 0) is 5.88 Å². The van der Waals surface area contributed by atoms with E-state index in [1.165, 1.54) is 6.20 Å². The summed E-state index contributed by atoms with van der Waals surface area (Å²) in [7, 11) is 0. The Morgan fingerprint density at radius 2 is 2.43 bits per heavy atom. The molecular weight excluding hydrogens is 212 g/mol. The molecule has 1 unspecified atom stereocenters. The van der Waals surface area contributed by atoms with E-state index < -0.39 is 5.92 Å². The second-order valence-corrected chi connectivity index (χ2v) is 3.85. The molecule has 14 heavy (non-hydrogen) atoms. The minimum atomic E-state index is -2.54. The number of nitrogens with zero attached hydrogens (tertiary/aromatic N) is 1. The standard InChI is InChI=1S/C9H10ClF2NO/c10-4-8-13-5-7(14-8)6-1-2-9(11,12)3-6/h5-6H,1-4H2. The Labute approximate surface area is 85.3 Å². The number of halogens is 3. The van der Waals surface area contributed by atoms with E-state index in [9.17, 15) is 8.78 Å². The van der Waals surface area contributed by atoms with Crippen molar-refractivity contribution in [1.29, 1.82) is 0 Å². The zero-order valence-electron chi connectivity index (χ0n) is 7.47. The van der Waals surface area contributed by atoms with Gasteiger partial charge in [0.2, 0.25) is 11.8 Å². The predicted molar refractivity (Wildman–Crippen MR) is 47.6 cm³/mol. The van der Waals surface area contributed by atoms with Gasteiger partial charge < -0.3 is 4.42 Å². The molecule has 1 aliphatic carbocycles. The van der Waals surface area contributed by atoms with Gasteiger partial charge >= 0.3 is 0 Å². The normalized spacial score (nSPS) is 25.5. The number of rotatable bonds is 2. The van der Waals surface area contributed by atoms with Gasteiger partial charge in [0, 0.05) is 18.8 Å². The maximum atomic E-state index is 12.9. The summed E-state index contributed by atoms with van der Waals surface area (Å²) in [5.74, 6) is -1.62. The molecule has 1 saturated carbocycles. The van der Waals surface area contributed by atoms with Gasteiger partial charge in [0.05, 0.1) is 12.1 Å². The number of hydrogen-bond donors (Lipinski definition) is 0. The third-order valence-electron chi connectivity index (χ3n) is 2.49. The smallest absolute Gasteiger partial charge is 0.248 e. The van der Waals surface area contributed by atoms with Crippen molar-refractivity contribution >= 4 is 11.6 Å². The van der Waals surface area contributed by atoms with E-state index in [1.807, 2.05) is 0 Å². The molecule has 1 atom stereocenters. The van der Waals surface area contributed by atoms with Crippen molar-refractivity contribution in [3.63, 3.8) is 0 Å². The van der Waals surface area contributed by atoms with Gasteiger partial charge in [0.25, 0.3) is 0 Å². The third kappa shape index (κ3) is 1.90. The maximum absolute atomic E-state index is 12.9. The molecule has 1 aliphatic rings. The number of hydrogen-bond acceptors (Lipinski definition) is 2. The van der Waals surface area contributed by atoms with Crippen LogP contribution in [-0.4, -0.2) is 10.9 Å². The minimum Gasteiger partial charge on any atom is -0.444 e. The van der Waals surface area contributed by atoms with Crippen LogP contribution in [0.4, 0.5) is 8.78 Å². The summed E-state index contributed by atoms with van der Waals surface area (Å²) in [5.41, 5.74) is 0. The van der Waals surface area contributed by atoms with E-state index in [2.05, 4.69) is 4.98 Å². The van der Waals surface area contributed by atoms with Crippen LogP contribution in [0.1, 0.15) is 36.8 Å². The third-order valence-corrected chi connectivity index (χ3v) is 2.72.